The summed E-state index contributed by atoms with van der Waals surface area (Å²) in [5, 5.41) is 0. The summed E-state index contributed by atoms with van der Waals surface area (Å²) < 4.78 is 17.0. The highest BCUT2D eigenvalue weighted by Gasteiger charge is 2.19. The van der Waals surface area contributed by atoms with Crippen LogP contribution in [0.3, 0.4) is 0 Å². The van der Waals surface area contributed by atoms with E-state index in [1.54, 1.807) is 0 Å². The van der Waals surface area contributed by atoms with Gasteiger partial charge < -0.3 is 14.2 Å². The van der Waals surface area contributed by atoms with Gasteiger partial charge in [0.1, 0.15) is 13.2 Å². The Morgan fingerprint density at radius 2 is 0.487 bits per heavy atom. The second-order valence-electron chi connectivity index (χ2n) is 23.8. The number of rotatable bonds is 65. The first-order chi connectivity index (χ1) is 39.5. The number of unbranched alkanes of at least 4 members (excludes halogenated alkanes) is 44. The van der Waals surface area contributed by atoms with Crippen LogP contribution in [-0.4, -0.2) is 37.2 Å². The Bertz CT molecular complexity index is 1430. The minimum atomic E-state index is -0.775. The van der Waals surface area contributed by atoms with Crippen molar-refractivity contribution in [2.45, 2.75) is 380 Å². The minimum Gasteiger partial charge on any atom is -0.462 e. The van der Waals surface area contributed by atoms with E-state index in [1.165, 1.54) is 244 Å². The maximum absolute atomic E-state index is 12.9. The van der Waals surface area contributed by atoms with Crippen LogP contribution in [0.15, 0.2) is 60.8 Å². The fourth-order valence-electron chi connectivity index (χ4n) is 10.5. The van der Waals surface area contributed by atoms with Gasteiger partial charge in [-0.3, -0.25) is 14.4 Å². The van der Waals surface area contributed by atoms with Crippen LogP contribution in [0, 0.1) is 0 Å². The van der Waals surface area contributed by atoms with Gasteiger partial charge in [0, 0.05) is 19.3 Å². The monoisotopic (exact) mass is 1120 g/mol. The highest BCUT2D eigenvalue weighted by molar-refractivity contribution is 5.71. The largest absolute Gasteiger partial charge is 0.462 e. The molecule has 0 heterocycles. The summed E-state index contributed by atoms with van der Waals surface area (Å²) in [4.78, 5) is 38.4. The van der Waals surface area contributed by atoms with Crippen LogP contribution in [0.25, 0.3) is 0 Å². The van der Waals surface area contributed by atoms with E-state index in [-0.39, 0.29) is 31.1 Å². The van der Waals surface area contributed by atoms with E-state index < -0.39 is 6.10 Å². The fourth-order valence-corrected chi connectivity index (χ4v) is 10.5. The molecule has 0 N–H and O–H groups in total. The summed E-state index contributed by atoms with van der Waals surface area (Å²) in [5.41, 5.74) is 0. The summed E-state index contributed by atoms with van der Waals surface area (Å²) in [5.74, 6) is -0.854. The van der Waals surface area contributed by atoms with Gasteiger partial charge in [-0.05, 0) is 83.5 Å². The van der Waals surface area contributed by atoms with Gasteiger partial charge in [-0.15, -0.1) is 0 Å². The van der Waals surface area contributed by atoms with Crippen molar-refractivity contribution in [2.75, 3.05) is 13.2 Å². The van der Waals surface area contributed by atoms with E-state index in [4.69, 9.17) is 14.2 Å². The average Bonchev–Trinajstić information content (AvgIpc) is 3.46. The third kappa shape index (κ3) is 65.9. The Morgan fingerprint density at radius 3 is 0.787 bits per heavy atom. The standard InChI is InChI=1S/C74H134O6/c1-4-7-10-13-16-19-22-25-27-29-31-33-34-35-36-37-38-39-40-41-43-44-46-49-52-55-58-61-64-67-73(76)79-70-71(69-78-72(75)66-63-60-57-54-51-48-24-21-18-15-12-9-6-3)80-74(77)68-65-62-59-56-53-50-47-45-42-32-30-28-26-23-20-17-14-11-8-5-2/h7,10,16,19,21,24-25,27,31,33,71H,4-6,8-9,11-15,17-18,20,22-23,26,28-30,32,34-70H2,1-3H3/b10-7-,19-16-,24-21-,27-25-,33-31-. The molecule has 0 radical (unpaired) electrons. The van der Waals surface area contributed by atoms with Gasteiger partial charge in [0.25, 0.3) is 0 Å². The lowest BCUT2D eigenvalue weighted by atomic mass is 10.0. The van der Waals surface area contributed by atoms with Crippen LogP contribution in [0.5, 0.6) is 0 Å². The van der Waals surface area contributed by atoms with E-state index in [9.17, 15) is 14.4 Å². The Morgan fingerprint density at radius 1 is 0.263 bits per heavy atom. The first kappa shape index (κ1) is 77.1. The van der Waals surface area contributed by atoms with Gasteiger partial charge in [-0.1, -0.05) is 332 Å². The lowest BCUT2D eigenvalue weighted by molar-refractivity contribution is -0.167. The molecule has 0 saturated carbocycles. The molecule has 0 rings (SSSR count). The van der Waals surface area contributed by atoms with Gasteiger partial charge in [0.05, 0.1) is 0 Å². The topological polar surface area (TPSA) is 78.9 Å². The van der Waals surface area contributed by atoms with Crippen molar-refractivity contribution < 1.29 is 28.6 Å². The molecule has 6 nitrogen and oxygen atoms in total. The lowest BCUT2D eigenvalue weighted by Crippen LogP contribution is -2.30. The van der Waals surface area contributed by atoms with Crippen molar-refractivity contribution in [3.8, 4) is 0 Å². The molecule has 0 amide bonds. The molecule has 80 heavy (non-hydrogen) atoms. The highest BCUT2D eigenvalue weighted by Crippen LogP contribution is 2.18. The number of hydrogen-bond donors (Lipinski definition) is 0. The van der Waals surface area contributed by atoms with Crippen LogP contribution in [0.4, 0.5) is 0 Å². The Kier molecular flexibility index (Phi) is 66.1. The molecule has 6 heteroatoms. The summed E-state index contributed by atoms with van der Waals surface area (Å²) >= 11 is 0. The van der Waals surface area contributed by atoms with Crippen molar-refractivity contribution in [1.82, 2.24) is 0 Å². The second kappa shape index (κ2) is 68.6. The molecule has 0 aliphatic carbocycles. The molecular formula is C74H134O6. The summed E-state index contributed by atoms with van der Waals surface area (Å²) in [6.07, 6.45) is 88.2. The smallest absolute Gasteiger partial charge is 0.306 e. The minimum absolute atomic E-state index is 0.0714. The number of hydrogen-bond acceptors (Lipinski definition) is 6. The van der Waals surface area contributed by atoms with Crippen LogP contribution in [0.1, 0.15) is 374 Å². The summed E-state index contributed by atoms with van der Waals surface area (Å²) in [6.45, 7) is 6.57. The predicted molar refractivity (Wildman–Crippen MR) is 348 cm³/mol. The maximum atomic E-state index is 12.9. The van der Waals surface area contributed by atoms with Crippen LogP contribution in [-0.2, 0) is 28.6 Å². The zero-order chi connectivity index (χ0) is 57.8. The highest BCUT2D eigenvalue weighted by atomic mass is 16.6. The number of carbonyl (C=O) groups is 3. The van der Waals surface area contributed by atoms with E-state index >= 15 is 0 Å². The average molecular weight is 1120 g/mol. The molecule has 466 valence electrons. The van der Waals surface area contributed by atoms with Gasteiger partial charge in [-0.2, -0.15) is 0 Å². The van der Waals surface area contributed by atoms with Gasteiger partial charge in [0.2, 0.25) is 0 Å². The molecule has 0 spiro atoms. The molecule has 0 fully saturated rings. The maximum Gasteiger partial charge on any atom is 0.306 e. The first-order valence-corrected chi connectivity index (χ1v) is 35.3. The zero-order valence-corrected chi connectivity index (χ0v) is 53.6. The molecule has 1 unspecified atom stereocenters. The molecule has 0 aliphatic heterocycles. The lowest BCUT2D eigenvalue weighted by Gasteiger charge is -2.18. The molecule has 0 aromatic carbocycles. The number of carbonyl (C=O) groups excluding carboxylic acids is 3. The van der Waals surface area contributed by atoms with Gasteiger partial charge >= 0.3 is 17.9 Å². The van der Waals surface area contributed by atoms with Gasteiger partial charge in [0.15, 0.2) is 6.10 Å². The Balaban J connectivity index is 4.20. The third-order valence-electron chi connectivity index (χ3n) is 15.8. The van der Waals surface area contributed by atoms with Crippen LogP contribution < -0.4 is 0 Å². The SMILES string of the molecule is CC/C=C\C/C=C\C/C=C\C/C=C\CCCCCCCCCCCCCCCCCCC(=O)OCC(COC(=O)CCCCCCC/C=C\CCCCCC)OC(=O)CCCCCCCCCCCCCCCCCCCCCC. The second-order valence-corrected chi connectivity index (χ2v) is 23.8. The molecule has 0 aliphatic rings. The van der Waals surface area contributed by atoms with Gasteiger partial charge in [-0.25, -0.2) is 0 Å². The predicted octanol–water partition coefficient (Wildman–Crippen LogP) is 24.3. The fraction of sp³-hybridized carbons (Fsp3) is 0.824. The van der Waals surface area contributed by atoms with Crippen molar-refractivity contribution in [2.24, 2.45) is 0 Å². The van der Waals surface area contributed by atoms with Crippen LogP contribution >= 0.6 is 0 Å². The molecule has 0 aromatic heterocycles. The summed E-state index contributed by atoms with van der Waals surface area (Å²) in [6, 6.07) is 0. The van der Waals surface area contributed by atoms with E-state index in [1.807, 2.05) is 0 Å². The Labute approximate surface area is 498 Å². The van der Waals surface area contributed by atoms with Crippen molar-refractivity contribution in [3.63, 3.8) is 0 Å². The number of ether oxygens (including phenoxy) is 3. The normalized spacial score (nSPS) is 12.4. The molecule has 0 bridgehead atoms. The van der Waals surface area contributed by atoms with E-state index in [0.29, 0.717) is 19.3 Å². The molecule has 0 aromatic rings. The van der Waals surface area contributed by atoms with Crippen molar-refractivity contribution >= 4 is 17.9 Å². The number of allylic oxidation sites excluding steroid dienone is 10. The van der Waals surface area contributed by atoms with Crippen molar-refractivity contribution in [1.29, 1.82) is 0 Å². The molecular weight excluding hydrogens is 985 g/mol. The quantitative estimate of drug-likeness (QED) is 0.0261. The number of esters is 3. The first-order valence-electron chi connectivity index (χ1n) is 35.3. The summed E-state index contributed by atoms with van der Waals surface area (Å²) in [7, 11) is 0. The third-order valence-corrected chi connectivity index (χ3v) is 15.8. The van der Waals surface area contributed by atoms with Crippen molar-refractivity contribution in [3.05, 3.63) is 60.8 Å². The zero-order valence-electron chi connectivity index (χ0n) is 53.6. The molecule has 0 saturated heterocycles. The Hall–Kier alpha value is -2.89. The van der Waals surface area contributed by atoms with Crippen LogP contribution in [0.2, 0.25) is 0 Å². The van der Waals surface area contributed by atoms with E-state index in [2.05, 4.69) is 81.5 Å². The van der Waals surface area contributed by atoms with E-state index in [0.717, 1.165) is 89.9 Å². The molecule has 1 atom stereocenters.